The van der Waals surface area contributed by atoms with Crippen LogP contribution < -0.4 is 0 Å². The van der Waals surface area contributed by atoms with Gasteiger partial charge in [0.1, 0.15) is 12.6 Å². The highest BCUT2D eigenvalue weighted by molar-refractivity contribution is 6.22. The van der Waals surface area contributed by atoms with Crippen LogP contribution in [0.15, 0.2) is 54.6 Å². The van der Waals surface area contributed by atoms with Crippen LogP contribution in [0.5, 0.6) is 0 Å². The summed E-state index contributed by atoms with van der Waals surface area (Å²) < 4.78 is 5.06. The number of carboxylic acids is 1. The molecule has 2 aromatic rings. The van der Waals surface area contributed by atoms with Crippen molar-refractivity contribution in [2.75, 3.05) is 0 Å². The maximum Gasteiger partial charge on any atom is 0.327 e. The Morgan fingerprint density at radius 2 is 1.46 bits per heavy atom. The van der Waals surface area contributed by atoms with Crippen LogP contribution in [-0.4, -0.2) is 39.8 Å². The Morgan fingerprint density at radius 3 is 2.00 bits per heavy atom. The third kappa shape index (κ3) is 3.32. The number of hydrogen-bond donors (Lipinski definition) is 1. The number of hydrogen-bond acceptors (Lipinski definition) is 5. The number of carboxylic acid groups (broad SMARTS) is 1. The minimum Gasteiger partial charge on any atom is -0.480 e. The Morgan fingerprint density at radius 1 is 0.923 bits per heavy atom. The molecule has 0 spiro atoms. The second-order valence-electron chi connectivity index (χ2n) is 5.73. The number of nitrogens with zero attached hydrogens (tertiary/aromatic N) is 1. The summed E-state index contributed by atoms with van der Waals surface area (Å²) in [6, 6.07) is 13.3. The zero-order chi connectivity index (χ0) is 18.7. The quantitative estimate of drug-likeness (QED) is 0.628. The number of ether oxygens (including phenoxy) is 1. The maximum atomic E-state index is 12.4. The third-order valence-electron chi connectivity index (χ3n) is 4.02. The lowest BCUT2D eigenvalue weighted by molar-refractivity contribution is -0.152. The zero-order valence-electron chi connectivity index (χ0n) is 13.6. The lowest BCUT2D eigenvalue weighted by Gasteiger charge is -2.21. The van der Waals surface area contributed by atoms with Crippen LogP contribution in [0.2, 0.25) is 0 Å². The Hall–Kier alpha value is -3.48. The highest BCUT2D eigenvalue weighted by Crippen LogP contribution is 2.26. The smallest absolute Gasteiger partial charge is 0.327 e. The number of imide groups is 1. The molecular formula is C19H15NO6. The fourth-order valence-corrected chi connectivity index (χ4v) is 2.73. The minimum atomic E-state index is -1.62. The lowest BCUT2D eigenvalue weighted by Crippen LogP contribution is -2.46. The summed E-state index contributed by atoms with van der Waals surface area (Å²) in [4.78, 5) is 49.0. The van der Waals surface area contributed by atoms with Gasteiger partial charge in [-0.25, -0.2) is 4.79 Å². The van der Waals surface area contributed by atoms with Gasteiger partial charge in [-0.3, -0.25) is 19.3 Å². The van der Waals surface area contributed by atoms with Gasteiger partial charge in [0.15, 0.2) is 0 Å². The van der Waals surface area contributed by atoms with Crippen molar-refractivity contribution in [1.29, 1.82) is 0 Å². The SMILES string of the molecule is O=C(C[C@@H](C(=O)O)N1C(=O)c2ccccc2C1=O)OCc1ccccc1. The molecule has 2 amide bonds. The number of aliphatic carboxylic acids is 1. The molecule has 1 aliphatic rings. The van der Waals surface area contributed by atoms with Crippen molar-refractivity contribution >= 4 is 23.8 Å². The van der Waals surface area contributed by atoms with Crippen molar-refractivity contribution in [1.82, 2.24) is 4.90 Å². The van der Waals surface area contributed by atoms with Crippen LogP contribution in [0, 0.1) is 0 Å². The van der Waals surface area contributed by atoms with Gasteiger partial charge in [0.25, 0.3) is 11.8 Å². The van der Waals surface area contributed by atoms with E-state index in [0.717, 1.165) is 5.56 Å². The summed E-state index contributed by atoms with van der Waals surface area (Å²) in [6.45, 7) is -0.0197. The average molecular weight is 353 g/mol. The molecule has 0 saturated heterocycles. The molecule has 0 bridgehead atoms. The van der Waals surface area contributed by atoms with Crippen LogP contribution >= 0.6 is 0 Å². The van der Waals surface area contributed by atoms with Crippen LogP contribution in [0.25, 0.3) is 0 Å². The van der Waals surface area contributed by atoms with Crippen LogP contribution in [0.4, 0.5) is 0 Å². The van der Waals surface area contributed by atoms with E-state index < -0.39 is 36.2 Å². The Balaban J connectivity index is 1.72. The van der Waals surface area contributed by atoms with Crippen molar-refractivity contribution in [3.63, 3.8) is 0 Å². The monoisotopic (exact) mass is 353 g/mol. The summed E-state index contributed by atoms with van der Waals surface area (Å²) in [5.74, 6) is -3.71. The molecule has 1 atom stereocenters. The van der Waals surface area contributed by atoms with E-state index >= 15 is 0 Å². The van der Waals surface area contributed by atoms with E-state index in [1.165, 1.54) is 12.1 Å². The number of esters is 1. The topological polar surface area (TPSA) is 101 Å². The van der Waals surface area contributed by atoms with Crippen LogP contribution in [0.3, 0.4) is 0 Å². The van der Waals surface area contributed by atoms with Crippen molar-refractivity contribution in [3.8, 4) is 0 Å². The molecule has 132 valence electrons. The van der Waals surface area contributed by atoms with Gasteiger partial charge < -0.3 is 9.84 Å². The Bertz CT molecular complexity index is 842. The summed E-state index contributed by atoms with van der Waals surface area (Å²) in [7, 11) is 0. The van der Waals surface area contributed by atoms with Crippen LogP contribution in [-0.2, 0) is 20.9 Å². The van der Waals surface area contributed by atoms with E-state index in [1.807, 2.05) is 6.07 Å². The molecule has 0 saturated carbocycles. The zero-order valence-corrected chi connectivity index (χ0v) is 13.6. The van der Waals surface area contributed by atoms with Crippen LogP contribution in [0.1, 0.15) is 32.7 Å². The molecule has 2 aromatic carbocycles. The van der Waals surface area contributed by atoms with E-state index in [0.29, 0.717) is 4.90 Å². The summed E-state index contributed by atoms with van der Waals surface area (Å²) in [6.07, 6.45) is -0.617. The van der Waals surface area contributed by atoms with Gasteiger partial charge in [-0.05, 0) is 17.7 Å². The molecule has 0 aliphatic carbocycles. The molecule has 0 radical (unpaired) electrons. The number of amides is 2. The standard InChI is InChI=1S/C19H15NO6/c21-16(26-11-12-6-2-1-3-7-12)10-15(19(24)25)20-17(22)13-8-4-5-9-14(13)18(20)23/h1-9,15H,10-11H2,(H,24,25)/t15-/m0/s1. The van der Waals surface area contributed by atoms with E-state index in [9.17, 15) is 24.3 Å². The van der Waals surface area contributed by atoms with Gasteiger partial charge in [0.05, 0.1) is 17.5 Å². The normalized spacial score (nSPS) is 14.1. The highest BCUT2D eigenvalue weighted by atomic mass is 16.5. The number of carbonyl (C=O) groups excluding carboxylic acids is 3. The van der Waals surface area contributed by atoms with E-state index in [1.54, 1.807) is 36.4 Å². The highest BCUT2D eigenvalue weighted by Gasteiger charge is 2.43. The molecule has 1 heterocycles. The van der Waals surface area contributed by atoms with Gasteiger partial charge in [-0.15, -0.1) is 0 Å². The largest absolute Gasteiger partial charge is 0.480 e. The number of carbonyl (C=O) groups is 4. The van der Waals surface area contributed by atoms with Gasteiger partial charge in [0, 0.05) is 0 Å². The van der Waals surface area contributed by atoms with Gasteiger partial charge >= 0.3 is 11.9 Å². The number of benzene rings is 2. The van der Waals surface area contributed by atoms with Gasteiger partial charge in [-0.2, -0.15) is 0 Å². The molecule has 1 aliphatic heterocycles. The molecule has 1 N–H and O–H groups in total. The molecule has 26 heavy (non-hydrogen) atoms. The molecule has 3 rings (SSSR count). The average Bonchev–Trinajstić information content (AvgIpc) is 2.90. The fraction of sp³-hybridized carbons (Fsp3) is 0.158. The summed E-state index contributed by atoms with van der Waals surface area (Å²) in [5.41, 5.74) is 0.997. The predicted octanol–water partition coefficient (Wildman–Crippen LogP) is 1.87. The van der Waals surface area contributed by atoms with Gasteiger partial charge in [-0.1, -0.05) is 42.5 Å². The second-order valence-corrected chi connectivity index (χ2v) is 5.73. The first-order chi connectivity index (χ1) is 12.5. The van der Waals surface area contributed by atoms with Crippen molar-refractivity contribution in [2.24, 2.45) is 0 Å². The minimum absolute atomic E-state index is 0.0197. The molecule has 0 fully saturated rings. The first kappa shape index (κ1) is 17.3. The first-order valence-electron chi connectivity index (χ1n) is 7.88. The molecule has 0 unspecified atom stereocenters. The maximum absolute atomic E-state index is 12.4. The summed E-state index contributed by atoms with van der Waals surface area (Å²) in [5, 5.41) is 9.43. The second kappa shape index (κ2) is 7.18. The fourth-order valence-electron chi connectivity index (χ4n) is 2.73. The van der Waals surface area contributed by atoms with Crippen molar-refractivity contribution in [2.45, 2.75) is 19.1 Å². The summed E-state index contributed by atoms with van der Waals surface area (Å²) >= 11 is 0. The molecule has 7 heteroatoms. The first-order valence-corrected chi connectivity index (χ1v) is 7.88. The predicted molar refractivity (Wildman–Crippen MR) is 89.2 cm³/mol. The van der Waals surface area contributed by atoms with Gasteiger partial charge in [0.2, 0.25) is 0 Å². The van der Waals surface area contributed by atoms with E-state index in [-0.39, 0.29) is 17.7 Å². The molecule has 0 aromatic heterocycles. The number of fused-ring (bicyclic) bond motifs is 1. The van der Waals surface area contributed by atoms with E-state index in [2.05, 4.69) is 0 Å². The number of rotatable bonds is 6. The Kier molecular flexibility index (Phi) is 4.79. The third-order valence-corrected chi connectivity index (χ3v) is 4.02. The molecular weight excluding hydrogens is 338 g/mol. The Labute approximate surface area is 148 Å². The van der Waals surface area contributed by atoms with E-state index in [4.69, 9.17) is 4.74 Å². The lowest BCUT2D eigenvalue weighted by atomic mass is 10.1. The van der Waals surface area contributed by atoms with Crippen molar-refractivity contribution < 1.29 is 29.0 Å². The molecule has 7 nitrogen and oxygen atoms in total. The van der Waals surface area contributed by atoms with Crippen molar-refractivity contribution in [3.05, 3.63) is 71.3 Å².